The van der Waals surface area contributed by atoms with Crippen molar-refractivity contribution in [2.24, 2.45) is 0 Å². The van der Waals surface area contributed by atoms with E-state index in [0.717, 1.165) is 44.9 Å². The second-order valence-electron chi connectivity index (χ2n) is 8.68. The van der Waals surface area contributed by atoms with Crippen LogP contribution >= 0.6 is 0 Å². The highest BCUT2D eigenvalue weighted by Gasteiger charge is 2.19. The molecule has 0 heterocycles. The van der Waals surface area contributed by atoms with Crippen LogP contribution in [0.15, 0.2) is 24.3 Å². The minimum Gasteiger partial charge on any atom is -0.465 e. The number of hydrogen-bond donors (Lipinski definition) is 0. The van der Waals surface area contributed by atoms with E-state index in [1.807, 2.05) is 27.7 Å². The molecule has 8 heteroatoms. The molecular weight excluding hydrogens is 476 g/mol. The zero-order valence-corrected chi connectivity index (χ0v) is 23.7. The van der Waals surface area contributed by atoms with Crippen LogP contribution in [-0.4, -0.2) is 54.2 Å². The molecule has 0 spiro atoms. The van der Waals surface area contributed by atoms with Crippen LogP contribution in [0, 0.1) is 0 Å². The van der Waals surface area contributed by atoms with Crippen LogP contribution in [-0.2, 0) is 61.3 Å². The third-order valence-electron chi connectivity index (χ3n) is 5.58. The molecule has 0 fully saturated rings. The fourth-order valence-corrected chi connectivity index (χ4v) is 4.32. The molecule has 0 N–H and O–H groups in total. The molecule has 2 rings (SSSR count). The lowest BCUT2D eigenvalue weighted by atomic mass is 9.96. The van der Waals surface area contributed by atoms with Gasteiger partial charge >= 0.3 is 0 Å². The molecule has 0 saturated carbocycles. The highest BCUT2D eigenvalue weighted by Crippen LogP contribution is 2.33. The van der Waals surface area contributed by atoms with Gasteiger partial charge in [0.05, 0.1) is 26.4 Å². The molecule has 0 aliphatic heterocycles. The summed E-state index contributed by atoms with van der Waals surface area (Å²) >= 11 is 0. The molecule has 0 aromatic heterocycles. The van der Waals surface area contributed by atoms with Crippen LogP contribution < -0.4 is 9.47 Å². The van der Waals surface area contributed by atoms with Gasteiger partial charge in [0, 0.05) is 63.9 Å². The third-order valence-corrected chi connectivity index (χ3v) is 5.58. The van der Waals surface area contributed by atoms with E-state index in [0.29, 0.717) is 46.1 Å². The van der Waals surface area contributed by atoms with Crippen molar-refractivity contribution in [3.05, 3.63) is 57.6 Å². The molecule has 2 aromatic carbocycles. The first-order chi connectivity index (χ1) is 17.9. The maximum Gasteiger partial charge on any atom is 0.196 e. The summed E-state index contributed by atoms with van der Waals surface area (Å²) in [5.41, 5.74) is 5.99. The van der Waals surface area contributed by atoms with Gasteiger partial charge in [0.2, 0.25) is 0 Å². The number of rotatable bonds is 18. The van der Waals surface area contributed by atoms with Crippen molar-refractivity contribution in [3.63, 3.8) is 0 Å². The summed E-state index contributed by atoms with van der Waals surface area (Å²) in [5.74, 6) is 1.48. The first-order valence-corrected chi connectivity index (χ1v) is 12.7. The van der Waals surface area contributed by atoms with Gasteiger partial charge in [0.15, 0.2) is 12.6 Å². The van der Waals surface area contributed by atoms with E-state index in [1.165, 1.54) is 0 Å². The van der Waals surface area contributed by atoms with E-state index in [1.54, 1.807) is 28.4 Å². The molecule has 0 saturated heterocycles. The lowest BCUT2D eigenvalue weighted by Crippen LogP contribution is -2.19. The van der Waals surface area contributed by atoms with Gasteiger partial charge in [-0.05, 0) is 69.5 Å². The molecule has 2 unspecified atom stereocenters. The Kier molecular flexibility index (Phi) is 13.9. The number of hydrogen-bond acceptors (Lipinski definition) is 8. The first kappa shape index (κ1) is 31.0. The van der Waals surface area contributed by atoms with Crippen LogP contribution in [0.2, 0.25) is 0 Å². The maximum absolute atomic E-state index is 6.16. The molecule has 0 aliphatic rings. The average Bonchev–Trinajstić information content (AvgIpc) is 2.84. The topological polar surface area (TPSA) is 73.8 Å². The first-order valence-electron chi connectivity index (χ1n) is 12.7. The van der Waals surface area contributed by atoms with Gasteiger partial charge in [0.25, 0.3) is 0 Å². The summed E-state index contributed by atoms with van der Waals surface area (Å²) < 4.78 is 45.5. The molecule has 37 heavy (non-hydrogen) atoms. The summed E-state index contributed by atoms with van der Waals surface area (Å²) in [4.78, 5) is 0. The van der Waals surface area contributed by atoms with Gasteiger partial charge in [-0.25, -0.2) is 0 Å². The Morgan fingerprint density at radius 2 is 0.838 bits per heavy atom. The maximum atomic E-state index is 6.16. The summed E-state index contributed by atoms with van der Waals surface area (Å²) in [6.45, 7) is 10.4. The number of methoxy groups -OCH3 is 4. The summed E-state index contributed by atoms with van der Waals surface area (Å²) in [7, 11) is 6.70. The van der Waals surface area contributed by atoms with E-state index in [4.69, 9.17) is 37.9 Å². The molecule has 8 nitrogen and oxygen atoms in total. The Morgan fingerprint density at radius 3 is 1.08 bits per heavy atom. The summed E-state index contributed by atoms with van der Waals surface area (Å²) in [6, 6.07) is 8.46. The Hall–Kier alpha value is -2.20. The monoisotopic (exact) mass is 520 g/mol. The zero-order valence-electron chi connectivity index (χ0n) is 23.7. The molecular formula is C29H44O8. The largest absolute Gasteiger partial charge is 0.465 e. The van der Waals surface area contributed by atoms with Crippen molar-refractivity contribution in [3.8, 4) is 11.5 Å². The quantitative estimate of drug-likeness (QED) is 0.242. The summed E-state index contributed by atoms with van der Waals surface area (Å²) in [6.07, 6.45) is -0.0903. The van der Waals surface area contributed by atoms with Gasteiger partial charge in [-0.3, -0.25) is 0 Å². The van der Waals surface area contributed by atoms with Crippen molar-refractivity contribution in [1.29, 1.82) is 0 Å². The van der Waals surface area contributed by atoms with Gasteiger partial charge in [0.1, 0.15) is 11.5 Å². The number of ether oxygens (including phenoxy) is 8. The smallest absolute Gasteiger partial charge is 0.196 e. The second kappa shape index (κ2) is 16.6. The van der Waals surface area contributed by atoms with E-state index < -0.39 is 0 Å². The van der Waals surface area contributed by atoms with Crippen molar-refractivity contribution in [1.82, 2.24) is 0 Å². The Labute approximate surface area is 222 Å². The predicted octanol–water partition coefficient (Wildman–Crippen LogP) is 5.39. The van der Waals surface area contributed by atoms with Crippen molar-refractivity contribution >= 4 is 0 Å². The molecule has 2 atom stereocenters. The second-order valence-corrected chi connectivity index (χ2v) is 8.68. The Bertz CT molecular complexity index is 816. The van der Waals surface area contributed by atoms with Crippen LogP contribution in [0.4, 0.5) is 0 Å². The van der Waals surface area contributed by atoms with Crippen molar-refractivity contribution in [2.75, 3.05) is 41.7 Å². The van der Waals surface area contributed by atoms with Crippen molar-refractivity contribution < 1.29 is 37.9 Å². The standard InChI is InChI=1S/C29H44O8/c1-9-34-20(3)36-28-24(16-30-5)12-22(13-25(28)17-31-6)11-23-14-26(18-32-7)29(27(15-23)19-33-8)37-21(4)35-10-2/h12-15,20-21H,9-11,16-19H2,1-8H3. The Balaban J connectivity index is 2.51. The minimum atomic E-state index is -0.387. The normalized spacial score (nSPS) is 13.0. The fourth-order valence-electron chi connectivity index (χ4n) is 4.32. The third kappa shape index (κ3) is 9.56. The van der Waals surface area contributed by atoms with E-state index in [2.05, 4.69) is 24.3 Å². The van der Waals surface area contributed by atoms with Gasteiger partial charge < -0.3 is 37.9 Å². The molecule has 2 aromatic rings. The van der Waals surface area contributed by atoms with E-state index in [-0.39, 0.29) is 12.6 Å². The fraction of sp³-hybridized carbons (Fsp3) is 0.586. The van der Waals surface area contributed by atoms with E-state index in [9.17, 15) is 0 Å². The van der Waals surface area contributed by atoms with Crippen LogP contribution in [0.3, 0.4) is 0 Å². The lowest BCUT2D eigenvalue weighted by molar-refractivity contribution is -0.0636. The molecule has 0 radical (unpaired) electrons. The number of benzene rings is 2. The molecule has 0 amide bonds. The molecule has 208 valence electrons. The summed E-state index contributed by atoms with van der Waals surface area (Å²) in [5, 5.41) is 0. The minimum absolute atomic E-state index is 0.387. The zero-order chi connectivity index (χ0) is 27.2. The average molecular weight is 521 g/mol. The highest BCUT2D eigenvalue weighted by atomic mass is 16.7. The molecule has 0 aliphatic carbocycles. The SMILES string of the molecule is CCOC(C)Oc1c(COC)cc(Cc2cc(COC)c(OC(C)OCC)c(COC)c2)cc1COC. The Morgan fingerprint density at radius 1 is 0.541 bits per heavy atom. The van der Waals surface area contributed by atoms with Crippen molar-refractivity contribution in [2.45, 2.75) is 73.1 Å². The van der Waals surface area contributed by atoms with E-state index >= 15 is 0 Å². The van der Waals surface area contributed by atoms with Gasteiger partial charge in [-0.2, -0.15) is 0 Å². The van der Waals surface area contributed by atoms with Crippen LogP contribution in [0.1, 0.15) is 61.1 Å². The predicted molar refractivity (Wildman–Crippen MR) is 142 cm³/mol. The van der Waals surface area contributed by atoms with Crippen LogP contribution in [0.25, 0.3) is 0 Å². The highest BCUT2D eigenvalue weighted by molar-refractivity contribution is 5.49. The van der Waals surface area contributed by atoms with Crippen LogP contribution in [0.5, 0.6) is 11.5 Å². The van der Waals surface area contributed by atoms with Gasteiger partial charge in [-0.1, -0.05) is 0 Å². The van der Waals surface area contributed by atoms with Gasteiger partial charge in [-0.15, -0.1) is 0 Å². The molecule has 0 bridgehead atoms. The lowest BCUT2D eigenvalue weighted by Gasteiger charge is -2.22.